The van der Waals surface area contributed by atoms with Gasteiger partial charge in [-0.1, -0.05) is 23.7 Å². The van der Waals surface area contributed by atoms with Crippen LogP contribution in [0.2, 0.25) is 5.02 Å². The first-order chi connectivity index (χ1) is 9.55. The van der Waals surface area contributed by atoms with Crippen molar-refractivity contribution in [3.8, 4) is 0 Å². The van der Waals surface area contributed by atoms with E-state index in [0.717, 1.165) is 36.5 Å². The molecule has 1 saturated carbocycles. The number of halogens is 1. The fourth-order valence-electron chi connectivity index (χ4n) is 2.74. The second-order valence-electron chi connectivity index (χ2n) is 5.35. The summed E-state index contributed by atoms with van der Waals surface area (Å²) in [6, 6.07) is 7.94. The number of nitrogens with one attached hydrogen (secondary N) is 1. The van der Waals surface area contributed by atoms with Gasteiger partial charge in [-0.05, 0) is 50.4 Å². The zero-order valence-electron chi connectivity index (χ0n) is 11.7. The Labute approximate surface area is 129 Å². The van der Waals surface area contributed by atoms with Gasteiger partial charge in [0, 0.05) is 16.0 Å². The van der Waals surface area contributed by atoms with Crippen molar-refractivity contribution >= 4 is 29.3 Å². The van der Waals surface area contributed by atoms with Gasteiger partial charge in [0.05, 0.1) is 5.54 Å². The topological polar surface area (TPSA) is 55.1 Å². The highest BCUT2D eigenvalue weighted by Crippen LogP contribution is 2.36. The molecule has 1 amide bonds. The van der Waals surface area contributed by atoms with Crippen LogP contribution in [0, 0.1) is 0 Å². The molecule has 0 bridgehead atoms. The minimum absolute atomic E-state index is 0.225. The Morgan fingerprint density at radius 1 is 1.50 bits per heavy atom. The largest absolute Gasteiger partial charge is 0.368 e. The van der Waals surface area contributed by atoms with Crippen LogP contribution in [-0.2, 0) is 10.5 Å². The number of benzene rings is 1. The number of hydrogen-bond donors (Lipinski definition) is 2. The van der Waals surface area contributed by atoms with Gasteiger partial charge in [0.25, 0.3) is 0 Å². The lowest BCUT2D eigenvalue weighted by Crippen LogP contribution is -2.57. The third-order valence-corrected chi connectivity index (χ3v) is 5.68. The molecule has 1 aliphatic rings. The summed E-state index contributed by atoms with van der Waals surface area (Å²) in [7, 11) is 1.83. The normalized spacial score (nSPS) is 26.4. The fraction of sp³-hybridized carbons (Fsp3) is 0.533. The Kier molecular flexibility index (Phi) is 5.35. The molecule has 3 N–H and O–H groups in total. The molecule has 2 rings (SSSR count). The van der Waals surface area contributed by atoms with Crippen molar-refractivity contribution in [3.63, 3.8) is 0 Å². The van der Waals surface area contributed by atoms with Crippen molar-refractivity contribution in [3.05, 3.63) is 34.9 Å². The maximum Gasteiger partial charge on any atom is 0.237 e. The molecule has 2 atom stereocenters. The molecule has 1 aromatic rings. The number of amides is 1. The summed E-state index contributed by atoms with van der Waals surface area (Å²) in [4.78, 5) is 11.7. The molecule has 1 fully saturated rings. The monoisotopic (exact) mass is 312 g/mol. The van der Waals surface area contributed by atoms with Crippen molar-refractivity contribution in [2.45, 2.75) is 42.2 Å². The Morgan fingerprint density at radius 3 is 2.80 bits per heavy atom. The van der Waals surface area contributed by atoms with Crippen LogP contribution >= 0.6 is 23.4 Å². The minimum Gasteiger partial charge on any atom is -0.368 e. The molecule has 0 spiro atoms. The smallest absolute Gasteiger partial charge is 0.237 e. The maximum atomic E-state index is 11.7. The highest BCUT2D eigenvalue weighted by molar-refractivity contribution is 7.99. The van der Waals surface area contributed by atoms with E-state index in [2.05, 4.69) is 17.4 Å². The van der Waals surface area contributed by atoms with E-state index in [1.807, 2.05) is 30.9 Å². The van der Waals surface area contributed by atoms with Crippen LogP contribution < -0.4 is 11.1 Å². The Balaban J connectivity index is 1.93. The Hall–Kier alpha value is -0.710. The number of carbonyl (C=O) groups excluding carboxylic acids is 1. The number of carbonyl (C=O) groups is 1. The lowest BCUT2D eigenvalue weighted by molar-refractivity contribution is -0.125. The molecule has 20 heavy (non-hydrogen) atoms. The van der Waals surface area contributed by atoms with Gasteiger partial charge in [-0.15, -0.1) is 0 Å². The molecular formula is C15H21ClN2OS. The summed E-state index contributed by atoms with van der Waals surface area (Å²) in [5.74, 6) is 0.720. The van der Waals surface area contributed by atoms with E-state index in [1.54, 1.807) is 0 Å². The van der Waals surface area contributed by atoms with Gasteiger partial charge >= 0.3 is 0 Å². The van der Waals surface area contributed by atoms with Crippen LogP contribution in [-0.4, -0.2) is 23.7 Å². The molecule has 0 aromatic heterocycles. The Bertz CT molecular complexity index is 465. The van der Waals surface area contributed by atoms with Crippen molar-refractivity contribution in [2.75, 3.05) is 7.05 Å². The second-order valence-corrected chi connectivity index (χ2v) is 7.08. The van der Waals surface area contributed by atoms with Gasteiger partial charge in [-0.25, -0.2) is 0 Å². The molecule has 0 radical (unpaired) electrons. The fourth-order valence-corrected chi connectivity index (χ4v) is 4.22. The molecule has 1 aliphatic carbocycles. The van der Waals surface area contributed by atoms with Crippen LogP contribution in [0.1, 0.15) is 31.2 Å². The number of nitrogens with two attached hydrogens (primary N) is 1. The molecule has 0 saturated heterocycles. The summed E-state index contributed by atoms with van der Waals surface area (Å²) in [6.07, 6.45) is 3.85. The van der Waals surface area contributed by atoms with Crippen LogP contribution in [0.3, 0.4) is 0 Å². The lowest BCUT2D eigenvalue weighted by atomic mass is 9.81. The van der Waals surface area contributed by atoms with E-state index in [9.17, 15) is 4.79 Å². The molecule has 110 valence electrons. The van der Waals surface area contributed by atoms with Gasteiger partial charge < -0.3 is 11.1 Å². The predicted octanol–water partition coefficient (Wildman–Crippen LogP) is 2.96. The Morgan fingerprint density at radius 2 is 2.20 bits per heavy atom. The summed E-state index contributed by atoms with van der Waals surface area (Å²) in [5.41, 5.74) is 6.32. The summed E-state index contributed by atoms with van der Waals surface area (Å²) < 4.78 is 0. The van der Waals surface area contributed by atoms with Crippen molar-refractivity contribution in [1.29, 1.82) is 0 Å². The van der Waals surface area contributed by atoms with E-state index in [0.29, 0.717) is 5.25 Å². The zero-order valence-corrected chi connectivity index (χ0v) is 13.3. The summed E-state index contributed by atoms with van der Waals surface area (Å²) in [5, 5.41) is 4.38. The van der Waals surface area contributed by atoms with E-state index in [1.165, 1.54) is 5.56 Å². The SMILES string of the molecule is CNC1(C(N)=O)CCCC(SCc2ccc(Cl)cc2)C1. The molecule has 0 heterocycles. The highest BCUT2D eigenvalue weighted by atomic mass is 35.5. The summed E-state index contributed by atoms with van der Waals surface area (Å²) in [6.45, 7) is 0. The molecule has 2 unspecified atom stereocenters. The van der Waals surface area contributed by atoms with Crippen molar-refractivity contribution in [2.24, 2.45) is 5.73 Å². The maximum absolute atomic E-state index is 11.7. The number of rotatable bonds is 5. The van der Waals surface area contributed by atoms with E-state index < -0.39 is 5.54 Å². The average Bonchev–Trinajstić information content (AvgIpc) is 2.46. The molecule has 0 aliphatic heterocycles. The number of likely N-dealkylation sites (N-methyl/N-ethyl adjacent to an activating group) is 1. The van der Waals surface area contributed by atoms with Crippen molar-refractivity contribution < 1.29 is 4.79 Å². The average molecular weight is 313 g/mol. The predicted molar refractivity (Wildman–Crippen MR) is 86.0 cm³/mol. The van der Waals surface area contributed by atoms with Gasteiger partial charge in [0.15, 0.2) is 0 Å². The minimum atomic E-state index is -0.518. The van der Waals surface area contributed by atoms with Crippen LogP contribution in [0.15, 0.2) is 24.3 Å². The quantitative estimate of drug-likeness (QED) is 0.879. The third kappa shape index (κ3) is 3.68. The third-order valence-electron chi connectivity index (χ3n) is 4.05. The standard InChI is InChI=1S/C15H21ClN2OS/c1-18-15(14(17)19)8-2-3-13(9-15)20-10-11-4-6-12(16)7-5-11/h4-7,13,18H,2-3,8-10H2,1H3,(H2,17,19). The van der Waals surface area contributed by atoms with E-state index in [4.69, 9.17) is 17.3 Å². The number of primary amides is 1. The molecule has 1 aromatic carbocycles. The first-order valence-corrected chi connectivity index (χ1v) is 8.33. The zero-order chi connectivity index (χ0) is 14.6. The molecular weight excluding hydrogens is 292 g/mol. The van der Waals surface area contributed by atoms with Crippen molar-refractivity contribution in [1.82, 2.24) is 5.32 Å². The van der Waals surface area contributed by atoms with E-state index >= 15 is 0 Å². The molecule has 5 heteroatoms. The van der Waals surface area contributed by atoms with Gasteiger partial charge in [0.2, 0.25) is 5.91 Å². The first-order valence-electron chi connectivity index (χ1n) is 6.90. The van der Waals surface area contributed by atoms with Crippen LogP contribution in [0.5, 0.6) is 0 Å². The molecule has 3 nitrogen and oxygen atoms in total. The van der Waals surface area contributed by atoms with Crippen LogP contribution in [0.25, 0.3) is 0 Å². The van der Waals surface area contributed by atoms with Gasteiger partial charge in [0.1, 0.15) is 0 Å². The lowest BCUT2D eigenvalue weighted by Gasteiger charge is -2.38. The number of hydrogen-bond acceptors (Lipinski definition) is 3. The first kappa shape index (κ1) is 15.7. The van der Waals surface area contributed by atoms with Gasteiger partial charge in [-0.3, -0.25) is 4.79 Å². The van der Waals surface area contributed by atoms with Gasteiger partial charge in [-0.2, -0.15) is 11.8 Å². The number of thioether (sulfide) groups is 1. The van der Waals surface area contributed by atoms with Crippen LogP contribution in [0.4, 0.5) is 0 Å². The van der Waals surface area contributed by atoms with E-state index in [-0.39, 0.29) is 5.91 Å². The second kappa shape index (κ2) is 6.83. The summed E-state index contributed by atoms with van der Waals surface area (Å²) >= 11 is 7.79. The highest BCUT2D eigenvalue weighted by Gasteiger charge is 2.40.